The van der Waals surface area contributed by atoms with E-state index in [4.69, 9.17) is 9.97 Å². The predicted molar refractivity (Wildman–Crippen MR) is 98.5 cm³/mol. The summed E-state index contributed by atoms with van der Waals surface area (Å²) in [5, 5.41) is 17.2. The lowest BCUT2D eigenvalue weighted by Crippen LogP contribution is -2.09. The minimum Gasteiger partial charge on any atom is -0.362 e. The van der Waals surface area contributed by atoms with Gasteiger partial charge in [-0.15, -0.1) is 10.2 Å². The van der Waals surface area contributed by atoms with Gasteiger partial charge in [0.2, 0.25) is 0 Å². The summed E-state index contributed by atoms with van der Waals surface area (Å²) in [5.41, 5.74) is 1.98. The maximum Gasteiger partial charge on any atom is 0.162 e. The number of hydrogen-bond acceptors (Lipinski definition) is 6. The fraction of sp³-hybridized carbons (Fsp3) is 0.222. The van der Waals surface area contributed by atoms with Crippen LogP contribution in [0.2, 0.25) is 0 Å². The first-order valence-corrected chi connectivity index (χ1v) is 9.27. The molecule has 0 atom stereocenters. The number of fused-ring (bicyclic) bond motifs is 2. The highest BCUT2D eigenvalue weighted by atomic mass is 32.1. The first kappa shape index (κ1) is 14.5. The Hall–Kier alpha value is -2.80. The topological polar surface area (TPSA) is 68.5 Å². The number of benzene rings is 1. The van der Waals surface area contributed by atoms with Gasteiger partial charge in [-0.1, -0.05) is 12.1 Å². The summed E-state index contributed by atoms with van der Waals surface area (Å²) >= 11 is 1.65. The number of nitrogens with one attached hydrogen (secondary N) is 1. The van der Waals surface area contributed by atoms with Crippen LogP contribution in [0.25, 0.3) is 22.3 Å². The van der Waals surface area contributed by atoms with E-state index in [0.717, 1.165) is 59.1 Å². The molecule has 0 spiro atoms. The van der Waals surface area contributed by atoms with Crippen molar-refractivity contribution in [3.05, 3.63) is 52.7 Å². The van der Waals surface area contributed by atoms with Gasteiger partial charge in [-0.25, -0.2) is 9.97 Å². The minimum absolute atomic E-state index is 0.608. The summed E-state index contributed by atoms with van der Waals surface area (Å²) in [6, 6.07) is 10.1. The summed E-state index contributed by atoms with van der Waals surface area (Å²) in [6.45, 7) is 1.61. The lowest BCUT2D eigenvalue weighted by atomic mass is 10.2. The standard InChI is InChI=1S/C18H16N6S/c1-2-5-14-13(4-1)18(21-17(20-14)12-7-9-25-11-12)19-10-16-23-22-15-6-3-8-24(15)16/h1-2,4-5,7,9,11H,3,6,8,10H2,(H,19,20,21). The van der Waals surface area contributed by atoms with Crippen molar-refractivity contribution in [3.63, 3.8) is 0 Å². The molecular formula is C18H16N6S. The fourth-order valence-electron chi connectivity index (χ4n) is 3.24. The number of rotatable bonds is 4. The Labute approximate surface area is 148 Å². The Balaban J connectivity index is 1.53. The second-order valence-electron chi connectivity index (χ2n) is 6.07. The van der Waals surface area contributed by atoms with E-state index in [1.54, 1.807) is 11.3 Å². The zero-order valence-electron chi connectivity index (χ0n) is 13.5. The normalized spacial score (nSPS) is 13.3. The van der Waals surface area contributed by atoms with Gasteiger partial charge in [0.15, 0.2) is 11.6 Å². The van der Waals surface area contributed by atoms with Crippen LogP contribution in [0, 0.1) is 0 Å². The van der Waals surface area contributed by atoms with Gasteiger partial charge in [-0.3, -0.25) is 0 Å². The van der Waals surface area contributed by atoms with Crippen molar-refractivity contribution >= 4 is 28.1 Å². The van der Waals surface area contributed by atoms with Crippen molar-refractivity contribution < 1.29 is 0 Å². The van der Waals surface area contributed by atoms with Gasteiger partial charge in [0.25, 0.3) is 0 Å². The van der Waals surface area contributed by atoms with Gasteiger partial charge >= 0.3 is 0 Å². The van der Waals surface area contributed by atoms with Crippen LogP contribution in [0.4, 0.5) is 5.82 Å². The van der Waals surface area contributed by atoms with Crippen LogP contribution in [0.1, 0.15) is 18.1 Å². The molecule has 4 aromatic rings. The van der Waals surface area contributed by atoms with E-state index in [2.05, 4.69) is 25.5 Å². The van der Waals surface area contributed by atoms with E-state index < -0.39 is 0 Å². The molecule has 0 amide bonds. The Morgan fingerprint density at radius 1 is 1.12 bits per heavy atom. The lowest BCUT2D eigenvalue weighted by molar-refractivity contribution is 0.695. The number of hydrogen-bond donors (Lipinski definition) is 1. The molecule has 0 saturated carbocycles. The number of anilines is 1. The highest BCUT2D eigenvalue weighted by Crippen LogP contribution is 2.26. The highest BCUT2D eigenvalue weighted by molar-refractivity contribution is 7.08. The van der Waals surface area contributed by atoms with E-state index in [-0.39, 0.29) is 0 Å². The molecule has 1 N–H and O–H groups in total. The molecular weight excluding hydrogens is 332 g/mol. The molecule has 0 radical (unpaired) electrons. The van der Waals surface area contributed by atoms with Gasteiger partial charge in [0.05, 0.1) is 12.1 Å². The molecule has 1 aliphatic heterocycles. The summed E-state index contributed by atoms with van der Waals surface area (Å²) in [4.78, 5) is 9.47. The molecule has 124 valence electrons. The number of nitrogens with zero attached hydrogens (tertiary/aromatic N) is 5. The average Bonchev–Trinajstić information content (AvgIpc) is 3.37. The van der Waals surface area contributed by atoms with Crippen molar-refractivity contribution in [2.24, 2.45) is 0 Å². The van der Waals surface area contributed by atoms with Crippen molar-refractivity contribution in [2.45, 2.75) is 25.9 Å². The third-order valence-electron chi connectivity index (χ3n) is 4.48. The van der Waals surface area contributed by atoms with E-state index >= 15 is 0 Å². The summed E-state index contributed by atoms with van der Waals surface area (Å²) in [7, 11) is 0. The van der Waals surface area contributed by atoms with Crippen LogP contribution in [0.15, 0.2) is 41.1 Å². The van der Waals surface area contributed by atoms with Crippen LogP contribution in [-0.4, -0.2) is 24.7 Å². The number of aryl methyl sites for hydroxylation is 1. The molecule has 0 fully saturated rings. The van der Waals surface area contributed by atoms with Gasteiger partial charge in [-0.2, -0.15) is 11.3 Å². The van der Waals surface area contributed by atoms with Gasteiger partial charge in [0, 0.05) is 29.3 Å². The van der Waals surface area contributed by atoms with Crippen LogP contribution in [0.3, 0.4) is 0 Å². The second-order valence-corrected chi connectivity index (χ2v) is 6.85. The minimum atomic E-state index is 0.608. The quantitative estimate of drug-likeness (QED) is 0.611. The molecule has 6 nitrogen and oxygen atoms in total. The van der Waals surface area contributed by atoms with Gasteiger partial charge in [-0.05, 0) is 30.0 Å². The van der Waals surface area contributed by atoms with Crippen LogP contribution >= 0.6 is 11.3 Å². The molecule has 3 aromatic heterocycles. The third-order valence-corrected chi connectivity index (χ3v) is 5.17. The molecule has 5 rings (SSSR count). The number of para-hydroxylation sites is 1. The van der Waals surface area contributed by atoms with E-state index in [1.165, 1.54) is 0 Å². The Morgan fingerprint density at radius 2 is 2.08 bits per heavy atom. The predicted octanol–water partition coefficient (Wildman–Crippen LogP) is 3.51. The molecule has 1 aliphatic rings. The maximum atomic E-state index is 4.76. The molecule has 0 bridgehead atoms. The molecule has 0 aliphatic carbocycles. The Morgan fingerprint density at radius 3 is 3.00 bits per heavy atom. The van der Waals surface area contributed by atoms with Crippen molar-refractivity contribution in [2.75, 3.05) is 5.32 Å². The third kappa shape index (κ3) is 2.56. The molecule has 1 aromatic carbocycles. The van der Waals surface area contributed by atoms with Crippen molar-refractivity contribution in [1.29, 1.82) is 0 Å². The highest BCUT2D eigenvalue weighted by Gasteiger charge is 2.17. The molecule has 7 heteroatoms. The molecule has 0 saturated heterocycles. The smallest absolute Gasteiger partial charge is 0.162 e. The maximum absolute atomic E-state index is 4.76. The lowest BCUT2D eigenvalue weighted by Gasteiger charge is -2.10. The monoisotopic (exact) mass is 348 g/mol. The molecule has 0 unspecified atom stereocenters. The first-order valence-electron chi connectivity index (χ1n) is 8.33. The second kappa shape index (κ2) is 5.93. The van der Waals surface area contributed by atoms with E-state index in [1.807, 2.05) is 35.7 Å². The summed E-state index contributed by atoms with van der Waals surface area (Å²) < 4.78 is 2.20. The van der Waals surface area contributed by atoms with Crippen LogP contribution in [0.5, 0.6) is 0 Å². The van der Waals surface area contributed by atoms with E-state index in [9.17, 15) is 0 Å². The Bertz CT molecular complexity index is 1040. The number of aromatic nitrogens is 5. The zero-order valence-corrected chi connectivity index (χ0v) is 14.3. The van der Waals surface area contributed by atoms with Crippen molar-refractivity contribution in [1.82, 2.24) is 24.7 Å². The summed E-state index contributed by atoms with van der Waals surface area (Å²) in [6.07, 6.45) is 2.17. The fourth-order valence-corrected chi connectivity index (χ4v) is 3.87. The summed E-state index contributed by atoms with van der Waals surface area (Å²) in [5.74, 6) is 3.63. The van der Waals surface area contributed by atoms with Gasteiger partial charge in [0.1, 0.15) is 11.6 Å². The molecule has 4 heterocycles. The zero-order chi connectivity index (χ0) is 16.6. The Kier molecular flexibility index (Phi) is 3.45. The van der Waals surface area contributed by atoms with Gasteiger partial charge < -0.3 is 9.88 Å². The van der Waals surface area contributed by atoms with Crippen LogP contribution < -0.4 is 5.32 Å². The number of thiophene rings is 1. The first-order chi connectivity index (χ1) is 12.4. The molecule has 25 heavy (non-hydrogen) atoms. The largest absolute Gasteiger partial charge is 0.362 e. The van der Waals surface area contributed by atoms with E-state index in [0.29, 0.717) is 6.54 Å². The SMILES string of the molecule is c1ccc2c(NCc3nnc4n3CCC4)nc(-c3ccsc3)nc2c1. The average molecular weight is 348 g/mol. The van der Waals surface area contributed by atoms with Crippen molar-refractivity contribution in [3.8, 4) is 11.4 Å². The van der Waals surface area contributed by atoms with Crippen LogP contribution in [-0.2, 0) is 19.5 Å².